The lowest BCUT2D eigenvalue weighted by molar-refractivity contribution is -0.128. The van der Waals surface area contributed by atoms with Crippen LogP contribution in [0.4, 0.5) is 4.79 Å². The lowest BCUT2D eigenvalue weighted by Gasteiger charge is -2.38. The smallest absolute Gasteiger partial charge is 0.408 e. The summed E-state index contributed by atoms with van der Waals surface area (Å²) in [6.07, 6.45) is 4.92. The summed E-state index contributed by atoms with van der Waals surface area (Å²) in [5.74, 6) is 1.34. The third-order valence-electron chi connectivity index (χ3n) is 8.93. The lowest BCUT2D eigenvalue weighted by Crippen LogP contribution is -2.58. The van der Waals surface area contributed by atoms with Crippen LogP contribution in [0.3, 0.4) is 0 Å². The van der Waals surface area contributed by atoms with Gasteiger partial charge in [-0.25, -0.2) is 4.79 Å². The SMILES string of the molecule is CC(=O)c1ccc(OCCCN2CCCC2NC(=O)[C@H](C)N(C(=O)O)C(C)(C)C)cc1.N[C@@H]1CCN(CCCOc2ccc(CC=O)cc2)C1. The fraction of sp³-hybridized carbons (Fsp3) is 0.579. The second-order valence-electron chi connectivity index (χ2n) is 14.1. The van der Waals surface area contributed by atoms with E-state index in [2.05, 4.69) is 15.1 Å². The average Bonchev–Trinajstić information content (AvgIpc) is 3.69. The molecule has 2 saturated heterocycles. The van der Waals surface area contributed by atoms with Crippen LogP contribution in [0.1, 0.15) is 82.6 Å². The number of amides is 2. The lowest BCUT2D eigenvalue weighted by atomic mass is 10.0. The number of nitrogens with two attached hydrogens (primary N) is 1. The van der Waals surface area contributed by atoms with Crippen LogP contribution in [0.5, 0.6) is 11.5 Å². The van der Waals surface area contributed by atoms with Crippen molar-refractivity contribution in [3.63, 3.8) is 0 Å². The molecule has 0 radical (unpaired) electrons. The molecule has 4 N–H and O–H groups in total. The molecular formula is C38H57N5O7. The van der Waals surface area contributed by atoms with Crippen molar-refractivity contribution in [1.29, 1.82) is 0 Å². The van der Waals surface area contributed by atoms with Gasteiger partial charge in [0.2, 0.25) is 5.91 Å². The van der Waals surface area contributed by atoms with Gasteiger partial charge in [-0.05, 0) is 115 Å². The van der Waals surface area contributed by atoms with E-state index in [1.54, 1.807) is 52.0 Å². The van der Waals surface area contributed by atoms with Gasteiger partial charge in [-0.3, -0.25) is 19.4 Å². The maximum atomic E-state index is 12.7. The molecule has 0 aromatic heterocycles. The van der Waals surface area contributed by atoms with Crippen LogP contribution in [0.15, 0.2) is 48.5 Å². The maximum absolute atomic E-state index is 12.7. The van der Waals surface area contributed by atoms with E-state index in [0.717, 1.165) is 94.8 Å². The highest BCUT2D eigenvalue weighted by atomic mass is 16.5. The number of ether oxygens (including phenoxy) is 2. The Morgan fingerprint density at radius 3 is 2.10 bits per heavy atom. The fourth-order valence-corrected chi connectivity index (χ4v) is 6.30. The number of carboxylic acid groups (broad SMARTS) is 1. The van der Waals surface area contributed by atoms with Gasteiger partial charge < -0.3 is 35.3 Å². The van der Waals surface area contributed by atoms with Crippen molar-refractivity contribution in [3.8, 4) is 11.5 Å². The molecule has 0 aliphatic carbocycles. The van der Waals surface area contributed by atoms with Crippen molar-refractivity contribution in [2.75, 3.05) is 45.9 Å². The van der Waals surface area contributed by atoms with E-state index in [1.807, 2.05) is 24.3 Å². The minimum absolute atomic E-state index is 0.0250. The molecule has 1 unspecified atom stereocenters. The van der Waals surface area contributed by atoms with Gasteiger partial charge in [0.1, 0.15) is 23.8 Å². The Balaban J connectivity index is 0.000000303. The number of carbonyl (C=O) groups excluding carboxylic acids is 3. The number of benzene rings is 2. The molecule has 276 valence electrons. The Kier molecular flexibility index (Phi) is 16.2. The molecule has 2 aromatic rings. The summed E-state index contributed by atoms with van der Waals surface area (Å²) in [6, 6.07) is 14.4. The Hall–Kier alpha value is -4.00. The fourth-order valence-electron chi connectivity index (χ4n) is 6.30. The summed E-state index contributed by atoms with van der Waals surface area (Å²) in [6.45, 7) is 14.6. The zero-order chi connectivity index (χ0) is 36.7. The number of aldehydes is 1. The molecule has 50 heavy (non-hydrogen) atoms. The van der Waals surface area contributed by atoms with Gasteiger partial charge in [0.05, 0.1) is 19.4 Å². The molecule has 2 fully saturated rings. The van der Waals surface area contributed by atoms with Crippen LogP contribution in [0.2, 0.25) is 0 Å². The van der Waals surface area contributed by atoms with Gasteiger partial charge in [0.25, 0.3) is 0 Å². The average molecular weight is 696 g/mol. The Morgan fingerprint density at radius 2 is 1.58 bits per heavy atom. The number of ketones is 1. The van der Waals surface area contributed by atoms with Crippen molar-refractivity contribution < 1.29 is 33.8 Å². The molecule has 3 atom stereocenters. The quantitative estimate of drug-likeness (QED) is 0.129. The highest BCUT2D eigenvalue weighted by molar-refractivity contribution is 5.94. The van der Waals surface area contributed by atoms with Gasteiger partial charge in [0.15, 0.2) is 5.78 Å². The third kappa shape index (κ3) is 13.4. The van der Waals surface area contributed by atoms with Crippen molar-refractivity contribution in [3.05, 3.63) is 59.7 Å². The van der Waals surface area contributed by atoms with Crippen molar-refractivity contribution in [2.45, 2.75) is 96.9 Å². The topological polar surface area (TPSA) is 155 Å². The Morgan fingerprint density at radius 1 is 0.980 bits per heavy atom. The first-order chi connectivity index (χ1) is 23.8. The number of hydrogen-bond donors (Lipinski definition) is 3. The van der Waals surface area contributed by atoms with E-state index in [1.165, 1.54) is 11.8 Å². The third-order valence-corrected chi connectivity index (χ3v) is 8.93. The van der Waals surface area contributed by atoms with E-state index in [9.17, 15) is 24.3 Å². The van der Waals surface area contributed by atoms with Crippen molar-refractivity contribution >= 4 is 24.1 Å². The van der Waals surface area contributed by atoms with Crippen LogP contribution in [-0.2, 0) is 16.0 Å². The summed E-state index contributed by atoms with van der Waals surface area (Å²) in [4.78, 5) is 51.9. The van der Waals surface area contributed by atoms with E-state index < -0.39 is 17.7 Å². The first kappa shape index (κ1) is 40.4. The van der Waals surface area contributed by atoms with Crippen LogP contribution in [0, 0.1) is 0 Å². The van der Waals surface area contributed by atoms with Crippen LogP contribution in [-0.4, -0.2) is 114 Å². The Labute approximate surface area is 297 Å². The molecule has 12 nitrogen and oxygen atoms in total. The molecule has 2 amide bonds. The molecule has 12 heteroatoms. The molecule has 2 heterocycles. The molecular weight excluding hydrogens is 638 g/mol. The molecule has 0 bridgehead atoms. The highest BCUT2D eigenvalue weighted by Crippen LogP contribution is 2.20. The molecule has 2 aliphatic rings. The largest absolute Gasteiger partial charge is 0.494 e. The second-order valence-corrected chi connectivity index (χ2v) is 14.1. The Bertz CT molecular complexity index is 1360. The number of nitrogens with one attached hydrogen (secondary N) is 1. The standard InChI is InChI=1S/C23H35N3O5.C15H22N2O2/c1-16(26(22(29)30)23(3,4)5)21(28)24-20-8-6-13-25(20)14-7-15-31-19-11-9-18(10-12-19)17(2)27;16-14-6-9-17(12-14)8-1-11-19-15-4-2-13(3-5-15)7-10-18/h9-12,16,20H,6-8,13-15H2,1-5H3,(H,24,28)(H,29,30);2-5,10,14H,1,6-9,11-12,16H2/t16-,20?;14-/m01/s1. The number of carbonyl (C=O) groups is 4. The van der Waals surface area contributed by atoms with Gasteiger partial charge >= 0.3 is 6.09 Å². The second kappa shape index (κ2) is 20.0. The molecule has 0 spiro atoms. The number of rotatable bonds is 16. The van der Waals surface area contributed by atoms with Crippen LogP contribution >= 0.6 is 0 Å². The zero-order valence-corrected chi connectivity index (χ0v) is 30.4. The number of Topliss-reactive ketones (excluding diaryl/α,β-unsaturated/α-hetero) is 1. The van der Waals surface area contributed by atoms with Crippen molar-refractivity contribution in [1.82, 2.24) is 20.0 Å². The number of likely N-dealkylation sites (tertiary alicyclic amines) is 2. The van der Waals surface area contributed by atoms with E-state index in [4.69, 9.17) is 15.2 Å². The number of nitrogens with zero attached hydrogens (tertiary/aromatic N) is 3. The molecule has 0 saturated carbocycles. The zero-order valence-electron chi connectivity index (χ0n) is 30.4. The molecule has 4 rings (SSSR count). The van der Waals surface area contributed by atoms with Gasteiger partial charge in [-0.15, -0.1) is 0 Å². The summed E-state index contributed by atoms with van der Waals surface area (Å²) in [7, 11) is 0. The van der Waals surface area contributed by atoms with Gasteiger partial charge in [-0.1, -0.05) is 12.1 Å². The van der Waals surface area contributed by atoms with E-state index >= 15 is 0 Å². The monoisotopic (exact) mass is 695 g/mol. The summed E-state index contributed by atoms with van der Waals surface area (Å²) >= 11 is 0. The summed E-state index contributed by atoms with van der Waals surface area (Å²) in [5.41, 5.74) is 6.87. The van der Waals surface area contributed by atoms with Gasteiger partial charge in [-0.2, -0.15) is 0 Å². The maximum Gasteiger partial charge on any atom is 0.408 e. The van der Waals surface area contributed by atoms with Crippen LogP contribution in [0.25, 0.3) is 0 Å². The first-order valence-corrected chi connectivity index (χ1v) is 17.7. The van der Waals surface area contributed by atoms with Gasteiger partial charge in [0, 0.05) is 49.7 Å². The number of hydrogen-bond acceptors (Lipinski definition) is 9. The summed E-state index contributed by atoms with van der Waals surface area (Å²) in [5, 5.41) is 12.5. The predicted octanol–water partition coefficient (Wildman–Crippen LogP) is 4.59. The van der Waals surface area contributed by atoms with Crippen molar-refractivity contribution in [2.24, 2.45) is 5.73 Å². The normalized spacial score (nSPS) is 18.4. The summed E-state index contributed by atoms with van der Waals surface area (Å²) < 4.78 is 11.4. The van der Waals surface area contributed by atoms with E-state index in [0.29, 0.717) is 24.6 Å². The minimum Gasteiger partial charge on any atom is -0.494 e. The molecule has 2 aromatic carbocycles. The van der Waals surface area contributed by atoms with E-state index in [-0.39, 0.29) is 17.9 Å². The predicted molar refractivity (Wildman–Crippen MR) is 194 cm³/mol. The van der Waals surface area contributed by atoms with Crippen LogP contribution < -0.4 is 20.5 Å². The minimum atomic E-state index is -1.10. The first-order valence-electron chi connectivity index (χ1n) is 17.7. The molecule has 2 aliphatic heterocycles. The highest BCUT2D eigenvalue weighted by Gasteiger charge is 2.36.